The Morgan fingerprint density at radius 3 is 2.76 bits per heavy atom. The second-order valence-electron chi connectivity index (χ2n) is 6.83. The zero-order valence-corrected chi connectivity index (χ0v) is 14.0. The van der Waals surface area contributed by atoms with Crippen molar-refractivity contribution in [3.05, 3.63) is 12.2 Å². The molecule has 1 N–H and O–H groups in total. The first-order valence-electron chi connectivity index (χ1n) is 8.19. The first kappa shape index (κ1) is 18.0. The van der Waals surface area contributed by atoms with Crippen LogP contribution in [0.4, 0.5) is 4.79 Å². The smallest absolute Gasteiger partial charge is 0.410 e. The minimum Gasteiger partial charge on any atom is -0.444 e. The predicted octanol–water partition coefficient (Wildman–Crippen LogP) is 3.88. The second-order valence-corrected chi connectivity index (χ2v) is 6.83. The number of carbonyl (C=O) groups is 1. The van der Waals surface area contributed by atoms with Gasteiger partial charge >= 0.3 is 6.09 Å². The molecular weight excluding hydrogens is 266 g/mol. The Morgan fingerprint density at radius 1 is 1.43 bits per heavy atom. The Labute approximate surface area is 129 Å². The molecule has 4 nitrogen and oxygen atoms in total. The fraction of sp³-hybridized carbons (Fsp3) is 0.824. The molecule has 1 saturated heterocycles. The van der Waals surface area contributed by atoms with E-state index in [2.05, 4.69) is 6.92 Å². The standard InChI is InChI=1S/C17H31NO3/c1-5-6-7-10-15(19)12-11-14-9-8-13-18(14)16(20)21-17(2,3)4/h11-12,14-15,19H,5-10,13H2,1-4H3. The molecule has 1 fully saturated rings. The van der Waals surface area contributed by atoms with E-state index in [1.807, 2.05) is 32.9 Å². The summed E-state index contributed by atoms with van der Waals surface area (Å²) in [5.41, 5.74) is -0.465. The summed E-state index contributed by atoms with van der Waals surface area (Å²) in [4.78, 5) is 13.9. The van der Waals surface area contributed by atoms with Crippen LogP contribution in [0.3, 0.4) is 0 Å². The molecular formula is C17H31NO3. The van der Waals surface area contributed by atoms with Crippen molar-refractivity contribution in [1.82, 2.24) is 4.90 Å². The monoisotopic (exact) mass is 297 g/mol. The number of rotatable bonds is 6. The number of likely N-dealkylation sites (tertiary alicyclic amines) is 1. The Balaban J connectivity index is 2.47. The first-order valence-corrected chi connectivity index (χ1v) is 8.19. The van der Waals surface area contributed by atoms with Crippen molar-refractivity contribution in [2.45, 2.75) is 84.0 Å². The number of hydrogen-bond donors (Lipinski definition) is 1. The molecule has 0 aromatic rings. The quantitative estimate of drug-likeness (QED) is 0.598. The number of amides is 1. The molecule has 0 radical (unpaired) electrons. The van der Waals surface area contributed by atoms with Gasteiger partial charge in [0.2, 0.25) is 0 Å². The van der Waals surface area contributed by atoms with E-state index in [1.165, 1.54) is 0 Å². The van der Waals surface area contributed by atoms with Gasteiger partial charge in [-0.05, 0) is 40.0 Å². The minimum atomic E-state index is -0.465. The van der Waals surface area contributed by atoms with Gasteiger partial charge in [0.25, 0.3) is 0 Å². The molecule has 21 heavy (non-hydrogen) atoms. The van der Waals surface area contributed by atoms with E-state index in [-0.39, 0.29) is 12.1 Å². The van der Waals surface area contributed by atoms with Crippen molar-refractivity contribution in [2.24, 2.45) is 0 Å². The summed E-state index contributed by atoms with van der Waals surface area (Å²) >= 11 is 0. The number of hydrogen-bond acceptors (Lipinski definition) is 3. The van der Waals surface area contributed by atoms with E-state index < -0.39 is 11.7 Å². The number of carbonyl (C=O) groups excluding carboxylic acids is 1. The van der Waals surface area contributed by atoms with Crippen molar-refractivity contribution >= 4 is 6.09 Å². The van der Waals surface area contributed by atoms with Crippen LogP contribution in [-0.2, 0) is 4.74 Å². The lowest BCUT2D eigenvalue weighted by molar-refractivity contribution is 0.0255. The van der Waals surface area contributed by atoms with Gasteiger partial charge in [0.05, 0.1) is 12.1 Å². The molecule has 1 heterocycles. The minimum absolute atomic E-state index is 0.0562. The van der Waals surface area contributed by atoms with Crippen LogP contribution in [0.25, 0.3) is 0 Å². The third kappa shape index (κ3) is 6.98. The van der Waals surface area contributed by atoms with Crippen LogP contribution in [0, 0.1) is 0 Å². The van der Waals surface area contributed by atoms with Gasteiger partial charge in [-0.3, -0.25) is 0 Å². The average molecular weight is 297 g/mol. The summed E-state index contributed by atoms with van der Waals surface area (Å²) in [5, 5.41) is 9.93. The maximum atomic E-state index is 12.1. The van der Waals surface area contributed by atoms with E-state index in [1.54, 1.807) is 4.90 Å². The van der Waals surface area contributed by atoms with E-state index >= 15 is 0 Å². The zero-order chi connectivity index (χ0) is 15.9. The fourth-order valence-corrected chi connectivity index (χ4v) is 2.50. The van der Waals surface area contributed by atoms with Crippen LogP contribution >= 0.6 is 0 Å². The number of aliphatic hydroxyl groups is 1. The van der Waals surface area contributed by atoms with Crippen LogP contribution in [0.2, 0.25) is 0 Å². The normalized spacial score (nSPS) is 21.0. The van der Waals surface area contributed by atoms with Gasteiger partial charge in [-0.2, -0.15) is 0 Å². The highest BCUT2D eigenvalue weighted by molar-refractivity contribution is 5.69. The topological polar surface area (TPSA) is 49.8 Å². The second kappa shape index (κ2) is 8.42. The predicted molar refractivity (Wildman–Crippen MR) is 85.3 cm³/mol. The molecule has 0 saturated carbocycles. The van der Waals surface area contributed by atoms with Crippen LogP contribution in [0.5, 0.6) is 0 Å². The summed E-state index contributed by atoms with van der Waals surface area (Å²) in [6, 6.07) is 0.0562. The van der Waals surface area contributed by atoms with Crippen LogP contribution in [0.15, 0.2) is 12.2 Å². The van der Waals surface area contributed by atoms with Gasteiger partial charge in [-0.1, -0.05) is 38.3 Å². The third-order valence-electron chi connectivity index (χ3n) is 3.59. The van der Waals surface area contributed by atoms with Crippen LogP contribution in [0.1, 0.15) is 66.2 Å². The number of unbranched alkanes of at least 4 members (excludes halogenated alkanes) is 2. The van der Waals surface area contributed by atoms with Gasteiger partial charge in [0.15, 0.2) is 0 Å². The highest BCUT2D eigenvalue weighted by atomic mass is 16.6. The number of nitrogens with zero attached hydrogens (tertiary/aromatic N) is 1. The lowest BCUT2D eigenvalue weighted by Crippen LogP contribution is -2.39. The average Bonchev–Trinajstić information content (AvgIpc) is 2.83. The molecule has 0 bridgehead atoms. The van der Waals surface area contributed by atoms with E-state index in [0.717, 1.165) is 45.1 Å². The van der Waals surface area contributed by atoms with Crippen molar-refractivity contribution in [2.75, 3.05) is 6.54 Å². The van der Waals surface area contributed by atoms with Gasteiger partial charge in [-0.15, -0.1) is 0 Å². The van der Waals surface area contributed by atoms with E-state index in [9.17, 15) is 9.90 Å². The Hall–Kier alpha value is -1.03. The molecule has 1 aliphatic heterocycles. The third-order valence-corrected chi connectivity index (χ3v) is 3.59. The molecule has 1 amide bonds. The largest absolute Gasteiger partial charge is 0.444 e. The van der Waals surface area contributed by atoms with Crippen LogP contribution < -0.4 is 0 Å². The molecule has 1 aliphatic rings. The van der Waals surface area contributed by atoms with Crippen molar-refractivity contribution in [3.8, 4) is 0 Å². The van der Waals surface area contributed by atoms with Crippen molar-refractivity contribution in [3.63, 3.8) is 0 Å². The highest BCUT2D eigenvalue weighted by Crippen LogP contribution is 2.22. The summed E-state index contributed by atoms with van der Waals surface area (Å²) < 4.78 is 5.43. The molecule has 2 atom stereocenters. The maximum Gasteiger partial charge on any atom is 0.410 e. The fourth-order valence-electron chi connectivity index (χ4n) is 2.50. The van der Waals surface area contributed by atoms with Crippen molar-refractivity contribution < 1.29 is 14.6 Å². The first-order chi connectivity index (χ1) is 9.83. The summed E-state index contributed by atoms with van der Waals surface area (Å²) in [5.74, 6) is 0. The molecule has 0 aliphatic carbocycles. The van der Waals surface area contributed by atoms with Gasteiger partial charge < -0.3 is 14.7 Å². The zero-order valence-electron chi connectivity index (χ0n) is 14.0. The molecule has 2 unspecified atom stereocenters. The van der Waals surface area contributed by atoms with Gasteiger partial charge in [0.1, 0.15) is 5.60 Å². The molecule has 4 heteroatoms. The Kier molecular flexibility index (Phi) is 7.23. The molecule has 0 spiro atoms. The maximum absolute atomic E-state index is 12.1. The van der Waals surface area contributed by atoms with Gasteiger partial charge in [-0.25, -0.2) is 4.79 Å². The summed E-state index contributed by atoms with van der Waals surface area (Å²) in [7, 11) is 0. The van der Waals surface area contributed by atoms with E-state index in [4.69, 9.17) is 4.74 Å². The van der Waals surface area contributed by atoms with E-state index in [0.29, 0.717) is 0 Å². The lowest BCUT2D eigenvalue weighted by Gasteiger charge is -2.27. The molecule has 1 rings (SSSR count). The van der Waals surface area contributed by atoms with Crippen LogP contribution in [-0.4, -0.2) is 40.4 Å². The number of ether oxygens (including phenoxy) is 1. The summed E-state index contributed by atoms with van der Waals surface area (Å²) in [6.45, 7) is 8.52. The Morgan fingerprint density at radius 2 is 2.14 bits per heavy atom. The molecule has 0 aromatic carbocycles. The molecule has 0 aromatic heterocycles. The van der Waals surface area contributed by atoms with Crippen molar-refractivity contribution in [1.29, 1.82) is 0 Å². The highest BCUT2D eigenvalue weighted by Gasteiger charge is 2.30. The van der Waals surface area contributed by atoms with Gasteiger partial charge in [0, 0.05) is 6.54 Å². The SMILES string of the molecule is CCCCCC(O)C=CC1CCCN1C(=O)OC(C)(C)C. The summed E-state index contributed by atoms with van der Waals surface area (Å²) in [6.07, 6.45) is 9.22. The number of aliphatic hydroxyl groups excluding tert-OH is 1. The lowest BCUT2D eigenvalue weighted by atomic mass is 10.1. The molecule has 122 valence electrons. The Bertz CT molecular complexity index is 346.